The van der Waals surface area contributed by atoms with Crippen LogP contribution in [0.3, 0.4) is 0 Å². The molecular formula is C25H34N10O7. The first kappa shape index (κ1) is 29.3. The minimum absolute atomic E-state index is 0.0131. The van der Waals surface area contributed by atoms with Gasteiger partial charge in [-0.1, -0.05) is 6.08 Å². The van der Waals surface area contributed by atoms with Crippen molar-refractivity contribution in [1.29, 1.82) is 0 Å². The van der Waals surface area contributed by atoms with Crippen molar-refractivity contribution in [3.63, 3.8) is 0 Å². The standard InChI is InChI=1S/C25H34N10O7/c1-33(7-2-3-14(36)34-9-4-27-5-10-34)8-6-28-15-16(20(39)19(15)38)29-11-13-18(37)21(40)24(42-13)35-12-30-17-22(35)31-25(26)32-23(17)41/h2-3,12-13,18,21,24,27-29,37,40H,4-11H2,1H3,(H3,26,31,32,41)/b3-2+/t13-,18+,21-,24-/m1/s1. The highest BCUT2D eigenvalue weighted by Gasteiger charge is 2.44. The fraction of sp³-hybridized carbons (Fsp3) is 0.520. The number of carbonyl (C=O) groups excluding carboxylic acids is 1. The molecule has 2 aliphatic rings. The summed E-state index contributed by atoms with van der Waals surface area (Å²) in [6.07, 6.45) is -0.262. The first-order valence-corrected chi connectivity index (χ1v) is 13.6. The van der Waals surface area contributed by atoms with Gasteiger partial charge in [0.15, 0.2) is 17.4 Å². The molecule has 1 amide bonds. The highest BCUT2D eigenvalue weighted by molar-refractivity contribution is 5.87. The van der Waals surface area contributed by atoms with Crippen LogP contribution in [0.4, 0.5) is 17.3 Å². The molecule has 0 saturated carbocycles. The molecule has 0 radical (unpaired) electrons. The van der Waals surface area contributed by atoms with Crippen LogP contribution < -0.4 is 38.1 Å². The second kappa shape index (κ2) is 12.4. The van der Waals surface area contributed by atoms with E-state index in [0.29, 0.717) is 32.7 Å². The van der Waals surface area contributed by atoms with Crippen molar-refractivity contribution in [2.75, 3.05) is 75.8 Å². The zero-order valence-corrected chi connectivity index (χ0v) is 22.9. The number of aromatic nitrogens is 4. The average Bonchev–Trinajstić information content (AvgIpc) is 3.52. The summed E-state index contributed by atoms with van der Waals surface area (Å²) in [6.45, 7) is 4.27. The second-order valence-corrected chi connectivity index (χ2v) is 10.3. The molecule has 17 heteroatoms. The Hall–Kier alpha value is -4.16. The first-order chi connectivity index (χ1) is 20.2. The molecule has 8 N–H and O–H groups in total. The van der Waals surface area contributed by atoms with Crippen molar-refractivity contribution < 1.29 is 19.7 Å². The molecule has 2 fully saturated rings. The van der Waals surface area contributed by atoms with Gasteiger partial charge in [-0.3, -0.25) is 28.7 Å². The SMILES string of the molecule is CN(C/C=C/C(=O)N1CCNCC1)CCNc1c(NC[C@H]2O[C@@H](n3cnc4c(=O)[nH]c(N)nc43)[C@H](O)[C@H]2O)c(=O)c1=O. The second-order valence-electron chi connectivity index (χ2n) is 10.3. The molecule has 0 aliphatic carbocycles. The predicted octanol–water partition coefficient (Wildman–Crippen LogP) is -3.64. The van der Waals surface area contributed by atoms with Crippen molar-refractivity contribution in [2.45, 2.75) is 24.5 Å². The number of aliphatic hydroxyl groups is 2. The average molecular weight is 587 g/mol. The smallest absolute Gasteiger partial charge is 0.280 e. The van der Waals surface area contributed by atoms with E-state index in [9.17, 15) is 29.4 Å². The van der Waals surface area contributed by atoms with Gasteiger partial charge in [0.1, 0.15) is 29.7 Å². The summed E-state index contributed by atoms with van der Waals surface area (Å²) in [5.74, 6) is -0.170. The van der Waals surface area contributed by atoms with Crippen LogP contribution in [0, 0.1) is 0 Å². The molecule has 226 valence electrons. The van der Waals surface area contributed by atoms with E-state index in [2.05, 4.69) is 30.9 Å². The number of anilines is 3. The summed E-state index contributed by atoms with van der Waals surface area (Å²) in [5.41, 5.74) is 3.95. The van der Waals surface area contributed by atoms with Crippen molar-refractivity contribution >= 4 is 34.4 Å². The number of hydrogen-bond donors (Lipinski definition) is 7. The molecule has 0 bridgehead atoms. The highest BCUT2D eigenvalue weighted by Crippen LogP contribution is 2.31. The summed E-state index contributed by atoms with van der Waals surface area (Å²) in [6, 6.07) is 0. The molecule has 2 aromatic heterocycles. The Kier molecular flexibility index (Phi) is 8.64. The molecule has 4 atom stereocenters. The number of aliphatic hydroxyl groups excluding tert-OH is 2. The first-order valence-electron chi connectivity index (χ1n) is 13.6. The molecular weight excluding hydrogens is 552 g/mol. The topological polar surface area (TPSA) is 233 Å². The van der Waals surface area contributed by atoms with Gasteiger partial charge >= 0.3 is 0 Å². The van der Waals surface area contributed by atoms with Gasteiger partial charge in [0.25, 0.3) is 16.4 Å². The largest absolute Gasteiger partial charge is 0.387 e. The molecule has 2 saturated heterocycles. The normalized spacial score (nSPS) is 23.0. The fourth-order valence-electron chi connectivity index (χ4n) is 4.98. The van der Waals surface area contributed by atoms with Crippen LogP contribution in [-0.2, 0) is 9.53 Å². The Bertz CT molecular complexity index is 1590. The summed E-state index contributed by atoms with van der Waals surface area (Å²) < 4.78 is 7.12. The number of hydrogen-bond acceptors (Lipinski definition) is 14. The summed E-state index contributed by atoms with van der Waals surface area (Å²) in [5, 5.41) is 30.2. The van der Waals surface area contributed by atoms with Gasteiger partial charge < -0.3 is 46.4 Å². The lowest BCUT2D eigenvalue weighted by atomic mass is 10.1. The number of nitrogen functional groups attached to an aromatic ring is 1. The Balaban J connectivity index is 1.12. The summed E-state index contributed by atoms with van der Waals surface area (Å²) >= 11 is 0. The number of likely N-dealkylation sites (N-methyl/N-ethyl adjacent to an activating group) is 1. The predicted molar refractivity (Wildman–Crippen MR) is 153 cm³/mol. The van der Waals surface area contributed by atoms with Crippen LogP contribution in [0.25, 0.3) is 11.2 Å². The third kappa shape index (κ3) is 5.90. The third-order valence-electron chi connectivity index (χ3n) is 7.35. The van der Waals surface area contributed by atoms with Crippen molar-refractivity contribution in [1.82, 2.24) is 34.6 Å². The highest BCUT2D eigenvalue weighted by atomic mass is 16.6. The van der Waals surface area contributed by atoms with E-state index in [4.69, 9.17) is 10.5 Å². The van der Waals surface area contributed by atoms with Crippen LogP contribution in [0.1, 0.15) is 6.23 Å². The number of H-pyrrole nitrogens is 1. The molecule has 2 aliphatic heterocycles. The number of ether oxygens (including phenoxy) is 1. The number of rotatable bonds is 11. The molecule has 3 aromatic rings. The van der Waals surface area contributed by atoms with Gasteiger partial charge in [-0.25, -0.2) is 4.98 Å². The summed E-state index contributed by atoms with van der Waals surface area (Å²) in [7, 11) is 1.87. The molecule has 0 unspecified atom stereocenters. The van der Waals surface area contributed by atoms with E-state index in [1.807, 2.05) is 11.9 Å². The van der Waals surface area contributed by atoms with E-state index in [1.165, 1.54) is 10.9 Å². The number of nitrogens with zero attached hydrogens (tertiary/aromatic N) is 5. The molecule has 17 nitrogen and oxygen atoms in total. The number of fused-ring (bicyclic) bond motifs is 1. The van der Waals surface area contributed by atoms with E-state index in [1.54, 1.807) is 17.1 Å². The maximum absolute atomic E-state index is 12.2. The minimum Gasteiger partial charge on any atom is -0.387 e. The maximum atomic E-state index is 12.2. The fourth-order valence-corrected chi connectivity index (χ4v) is 4.98. The molecule has 5 rings (SSSR count). The third-order valence-corrected chi connectivity index (χ3v) is 7.35. The van der Waals surface area contributed by atoms with E-state index >= 15 is 0 Å². The van der Waals surface area contributed by atoms with Crippen LogP contribution >= 0.6 is 0 Å². The van der Waals surface area contributed by atoms with Gasteiger partial charge in [-0.15, -0.1) is 0 Å². The number of nitrogens with one attached hydrogen (secondary N) is 4. The zero-order chi connectivity index (χ0) is 30.0. The van der Waals surface area contributed by atoms with Gasteiger partial charge in [0.2, 0.25) is 11.9 Å². The number of aromatic amines is 1. The van der Waals surface area contributed by atoms with Gasteiger partial charge in [-0.2, -0.15) is 4.98 Å². The quantitative estimate of drug-likeness (QED) is 0.0849. The lowest BCUT2D eigenvalue weighted by Crippen LogP contribution is -2.45. The molecule has 4 heterocycles. The lowest BCUT2D eigenvalue weighted by molar-refractivity contribution is -0.126. The van der Waals surface area contributed by atoms with Crippen LogP contribution in [0.2, 0.25) is 0 Å². The zero-order valence-electron chi connectivity index (χ0n) is 22.9. The van der Waals surface area contributed by atoms with Crippen molar-refractivity contribution in [3.05, 3.63) is 49.3 Å². The van der Waals surface area contributed by atoms with Crippen LogP contribution in [0.5, 0.6) is 0 Å². The van der Waals surface area contributed by atoms with E-state index in [-0.39, 0.29) is 40.9 Å². The van der Waals surface area contributed by atoms with Crippen LogP contribution in [-0.4, -0.2) is 123 Å². The van der Waals surface area contributed by atoms with Crippen LogP contribution in [0.15, 0.2) is 32.9 Å². The van der Waals surface area contributed by atoms with Crippen molar-refractivity contribution in [3.8, 4) is 0 Å². The monoisotopic (exact) mass is 586 g/mol. The Morgan fingerprint density at radius 2 is 1.90 bits per heavy atom. The summed E-state index contributed by atoms with van der Waals surface area (Å²) in [4.78, 5) is 62.8. The maximum Gasteiger partial charge on any atom is 0.280 e. The molecule has 0 spiro atoms. The molecule has 42 heavy (non-hydrogen) atoms. The number of amides is 1. The number of piperazine rings is 1. The number of nitrogens with two attached hydrogens (primary N) is 1. The minimum atomic E-state index is -1.40. The molecule has 1 aromatic carbocycles. The van der Waals surface area contributed by atoms with Gasteiger partial charge in [0, 0.05) is 58.4 Å². The Labute approximate surface area is 238 Å². The lowest BCUT2D eigenvalue weighted by Gasteiger charge is -2.26. The Morgan fingerprint density at radius 3 is 2.64 bits per heavy atom. The van der Waals surface area contributed by atoms with Gasteiger partial charge in [-0.05, 0) is 7.05 Å². The van der Waals surface area contributed by atoms with E-state index < -0.39 is 41.0 Å². The van der Waals surface area contributed by atoms with Crippen molar-refractivity contribution in [2.24, 2.45) is 0 Å². The van der Waals surface area contributed by atoms with Gasteiger partial charge in [0.05, 0.1) is 6.33 Å². The Morgan fingerprint density at radius 1 is 1.19 bits per heavy atom. The number of imidazole rings is 1. The number of carbonyl (C=O) groups is 1. The van der Waals surface area contributed by atoms with E-state index in [0.717, 1.165) is 13.1 Å².